The number of hydrogen-bond donors (Lipinski definition) is 1. The van der Waals surface area contributed by atoms with Crippen molar-refractivity contribution in [2.45, 2.75) is 37.7 Å². The maximum absolute atomic E-state index is 12.7. The van der Waals surface area contributed by atoms with E-state index in [0.29, 0.717) is 24.5 Å². The summed E-state index contributed by atoms with van der Waals surface area (Å²) in [4.78, 5) is 19.1. The van der Waals surface area contributed by atoms with E-state index in [-0.39, 0.29) is 11.8 Å². The molecule has 22 heavy (non-hydrogen) atoms. The number of thiazole rings is 1. The first-order valence-electron chi connectivity index (χ1n) is 8.03. The van der Waals surface area contributed by atoms with Crippen LogP contribution in [0.25, 0.3) is 10.2 Å². The fraction of sp³-hybridized carbons (Fsp3) is 0.529. The lowest BCUT2D eigenvalue weighted by atomic mass is 9.71. The van der Waals surface area contributed by atoms with E-state index in [2.05, 4.69) is 4.98 Å². The van der Waals surface area contributed by atoms with Gasteiger partial charge in [0.05, 0.1) is 15.8 Å². The largest absolute Gasteiger partial charge is 0.389 e. The molecule has 116 valence electrons. The highest BCUT2D eigenvalue weighted by molar-refractivity contribution is 7.20. The minimum absolute atomic E-state index is 0.0221. The monoisotopic (exact) mass is 316 g/mol. The molecular weight excluding hydrogens is 296 g/mol. The second-order valence-electron chi connectivity index (χ2n) is 6.53. The van der Waals surface area contributed by atoms with Gasteiger partial charge in [-0.25, -0.2) is 4.98 Å². The van der Waals surface area contributed by atoms with Gasteiger partial charge in [0.2, 0.25) is 0 Å². The van der Waals surface area contributed by atoms with Gasteiger partial charge in [-0.2, -0.15) is 0 Å². The van der Waals surface area contributed by atoms with Crippen molar-refractivity contribution < 1.29 is 9.90 Å². The van der Waals surface area contributed by atoms with Crippen LogP contribution in [-0.4, -0.2) is 39.6 Å². The molecule has 1 amide bonds. The fourth-order valence-electron chi connectivity index (χ4n) is 3.85. The molecule has 5 heteroatoms. The molecule has 2 fully saturated rings. The molecule has 1 aliphatic heterocycles. The number of likely N-dealkylation sites (tertiary alicyclic amines) is 1. The predicted octanol–water partition coefficient (Wildman–Crippen LogP) is 3.06. The van der Waals surface area contributed by atoms with Crippen molar-refractivity contribution >= 4 is 27.5 Å². The lowest BCUT2D eigenvalue weighted by Crippen LogP contribution is -2.54. The number of piperidine rings is 1. The van der Waals surface area contributed by atoms with Crippen molar-refractivity contribution in [2.75, 3.05) is 13.1 Å². The van der Waals surface area contributed by atoms with Crippen molar-refractivity contribution in [2.24, 2.45) is 5.92 Å². The summed E-state index contributed by atoms with van der Waals surface area (Å²) in [7, 11) is 0. The Kier molecular flexibility index (Phi) is 3.42. The molecule has 2 aromatic rings. The van der Waals surface area contributed by atoms with Gasteiger partial charge in [-0.15, -0.1) is 11.3 Å². The SMILES string of the molecule is O=C(c1nc2ccccc2s1)N1CCC2(O)CCCCC2C1. The number of carbonyl (C=O) groups is 1. The van der Waals surface area contributed by atoms with Crippen LogP contribution < -0.4 is 0 Å². The van der Waals surface area contributed by atoms with Crippen LogP contribution in [0.3, 0.4) is 0 Å². The zero-order valence-electron chi connectivity index (χ0n) is 12.5. The number of hydrogen-bond acceptors (Lipinski definition) is 4. The van der Waals surface area contributed by atoms with Gasteiger partial charge < -0.3 is 10.0 Å². The summed E-state index contributed by atoms with van der Waals surface area (Å²) in [6.07, 6.45) is 4.89. The van der Waals surface area contributed by atoms with Crippen LogP contribution in [0, 0.1) is 5.92 Å². The second-order valence-corrected chi connectivity index (χ2v) is 7.56. The Labute approximate surface area is 133 Å². The van der Waals surface area contributed by atoms with Crippen molar-refractivity contribution in [3.8, 4) is 0 Å². The number of nitrogens with zero attached hydrogens (tertiary/aromatic N) is 2. The molecule has 2 heterocycles. The van der Waals surface area contributed by atoms with E-state index in [9.17, 15) is 9.90 Å². The highest BCUT2D eigenvalue weighted by Crippen LogP contribution is 2.40. The molecule has 0 radical (unpaired) electrons. The summed E-state index contributed by atoms with van der Waals surface area (Å²) in [6.45, 7) is 1.31. The minimum atomic E-state index is -0.539. The van der Waals surface area contributed by atoms with E-state index < -0.39 is 5.60 Å². The average molecular weight is 316 g/mol. The quantitative estimate of drug-likeness (QED) is 0.880. The number of carbonyl (C=O) groups excluding carboxylic acids is 1. The van der Waals surface area contributed by atoms with E-state index in [0.717, 1.165) is 35.9 Å². The Morgan fingerprint density at radius 1 is 1.32 bits per heavy atom. The molecule has 4 nitrogen and oxygen atoms in total. The van der Waals surface area contributed by atoms with Gasteiger partial charge in [0.1, 0.15) is 0 Å². The minimum Gasteiger partial charge on any atom is -0.389 e. The van der Waals surface area contributed by atoms with Gasteiger partial charge in [-0.3, -0.25) is 4.79 Å². The molecule has 2 aliphatic rings. The lowest BCUT2D eigenvalue weighted by Gasteiger charge is -2.47. The van der Waals surface area contributed by atoms with Gasteiger partial charge in [0.15, 0.2) is 5.01 Å². The van der Waals surface area contributed by atoms with E-state index in [1.807, 2.05) is 29.2 Å². The second kappa shape index (κ2) is 5.32. The first-order valence-corrected chi connectivity index (χ1v) is 8.85. The molecule has 1 saturated carbocycles. The predicted molar refractivity (Wildman–Crippen MR) is 87.0 cm³/mol. The van der Waals surface area contributed by atoms with Gasteiger partial charge >= 0.3 is 0 Å². The van der Waals surface area contributed by atoms with E-state index in [1.165, 1.54) is 11.3 Å². The zero-order chi connectivity index (χ0) is 15.2. The Balaban J connectivity index is 1.55. The maximum Gasteiger partial charge on any atom is 0.282 e. The third-order valence-electron chi connectivity index (χ3n) is 5.19. The highest BCUT2D eigenvalue weighted by Gasteiger charge is 2.44. The Morgan fingerprint density at radius 2 is 2.18 bits per heavy atom. The van der Waals surface area contributed by atoms with Gasteiger partial charge in [0.25, 0.3) is 5.91 Å². The van der Waals surface area contributed by atoms with E-state index >= 15 is 0 Å². The molecule has 0 spiro atoms. The standard InChI is InChI=1S/C17H20N2O2S/c20-16(15-18-13-6-1-2-7-14(13)22-15)19-10-9-17(21)8-4-3-5-12(17)11-19/h1-2,6-7,12,21H,3-5,8-11H2. The van der Waals surface area contributed by atoms with Gasteiger partial charge in [0, 0.05) is 19.0 Å². The summed E-state index contributed by atoms with van der Waals surface area (Å²) in [6, 6.07) is 7.86. The number of amides is 1. The number of benzene rings is 1. The highest BCUT2D eigenvalue weighted by atomic mass is 32.1. The summed E-state index contributed by atoms with van der Waals surface area (Å²) in [5.41, 5.74) is 0.352. The number of para-hydroxylation sites is 1. The first kappa shape index (κ1) is 14.2. The number of fused-ring (bicyclic) bond motifs is 2. The third kappa shape index (κ3) is 2.32. The van der Waals surface area contributed by atoms with Crippen molar-refractivity contribution in [3.05, 3.63) is 29.3 Å². The summed E-state index contributed by atoms with van der Waals surface area (Å²) in [5.74, 6) is 0.252. The topological polar surface area (TPSA) is 53.4 Å². The molecule has 0 bridgehead atoms. The normalized spacial score (nSPS) is 28.6. The molecule has 2 atom stereocenters. The van der Waals surface area contributed by atoms with Crippen LogP contribution in [0.5, 0.6) is 0 Å². The number of aromatic nitrogens is 1. The molecule has 2 unspecified atom stereocenters. The average Bonchev–Trinajstić information content (AvgIpc) is 2.97. The molecular formula is C17H20N2O2S. The molecule has 1 aromatic carbocycles. The van der Waals surface area contributed by atoms with Crippen LogP contribution in [0.15, 0.2) is 24.3 Å². The Hall–Kier alpha value is -1.46. The number of aliphatic hydroxyl groups is 1. The van der Waals surface area contributed by atoms with E-state index in [1.54, 1.807) is 0 Å². The first-order chi connectivity index (χ1) is 10.7. The zero-order valence-corrected chi connectivity index (χ0v) is 13.3. The van der Waals surface area contributed by atoms with E-state index in [4.69, 9.17) is 0 Å². The maximum atomic E-state index is 12.7. The summed E-state index contributed by atoms with van der Waals surface area (Å²) in [5, 5.41) is 11.3. The van der Waals surface area contributed by atoms with Crippen molar-refractivity contribution in [1.82, 2.24) is 9.88 Å². The smallest absolute Gasteiger partial charge is 0.282 e. The summed E-state index contributed by atoms with van der Waals surface area (Å²) < 4.78 is 1.05. The third-order valence-corrected chi connectivity index (χ3v) is 6.22. The van der Waals surface area contributed by atoms with Gasteiger partial charge in [-0.1, -0.05) is 25.0 Å². The van der Waals surface area contributed by atoms with Crippen LogP contribution in [-0.2, 0) is 0 Å². The molecule has 4 rings (SSSR count). The Bertz CT molecular complexity index is 681. The molecule has 1 aliphatic carbocycles. The molecule has 1 aromatic heterocycles. The van der Waals surface area contributed by atoms with Crippen molar-refractivity contribution in [1.29, 1.82) is 0 Å². The van der Waals surface area contributed by atoms with Crippen molar-refractivity contribution in [3.63, 3.8) is 0 Å². The van der Waals surface area contributed by atoms with Gasteiger partial charge in [-0.05, 0) is 31.4 Å². The lowest BCUT2D eigenvalue weighted by molar-refractivity contribution is -0.0886. The molecule has 1 N–H and O–H groups in total. The summed E-state index contributed by atoms with van der Waals surface area (Å²) >= 11 is 1.46. The Morgan fingerprint density at radius 3 is 3.05 bits per heavy atom. The van der Waals surface area contributed by atoms with Crippen LogP contribution >= 0.6 is 11.3 Å². The van der Waals surface area contributed by atoms with Crippen LogP contribution in [0.1, 0.15) is 41.9 Å². The fourth-order valence-corrected chi connectivity index (χ4v) is 4.79. The molecule has 1 saturated heterocycles. The van der Waals surface area contributed by atoms with Crippen LogP contribution in [0.4, 0.5) is 0 Å². The number of rotatable bonds is 1. The van der Waals surface area contributed by atoms with Crippen LogP contribution in [0.2, 0.25) is 0 Å².